The summed E-state index contributed by atoms with van der Waals surface area (Å²) in [5.74, 6) is -0.481. The highest BCUT2D eigenvalue weighted by Crippen LogP contribution is 2.45. The highest BCUT2D eigenvalue weighted by molar-refractivity contribution is 8.16. The number of hydrogen-bond donors (Lipinski definition) is 1. The van der Waals surface area contributed by atoms with Gasteiger partial charge in [0.2, 0.25) is 5.91 Å². The van der Waals surface area contributed by atoms with Crippen molar-refractivity contribution in [2.45, 2.75) is 45.3 Å². The van der Waals surface area contributed by atoms with Gasteiger partial charge in [0.1, 0.15) is 0 Å². The monoisotopic (exact) mass is 441 g/mol. The summed E-state index contributed by atoms with van der Waals surface area (Å²) < 4.78 is 10.7. The number of benzene rings is 1. The highest BCUT2D eigenvalue weighted by Gasteiger charge is 2.41. The van der Waals surface area contributed by atoms with Crippen molar-refractivity contribution in [1.29, 1.82) is 0 Å². The van der Waals surface area contributed by atoms with Crippen LogP contribution in [0.2, 0.25) is 0 Å². The van der Waals surface area contributed by atoms with Crippen molar-refractivity contribution < 1.29 is 19.1 Å². The van der Waals surface area contributed by atoms with Gasteiger partial charge in [-0.3, -0.25) is 4.79 Å². The number of methoxy groups -OCH3 is 1. The van der Waals surface area contributed by atoms with Crippen LogP contribution in [0.5, 0.6) is 0 Å². The number of esters is 1. The van der Waals surface area contributed by atoms with Crippen molar-refractivity contribution in [3.63, 3.8) is 0 Å². The fourth-order valence-corrected chi connectivity index (χ4v) is 5.15. The van der Waals surface area contributed by atoms with Gasteiger partial charge in [-0.2, -0.15) is 0 Å². The first kappa shape index (κ1) is 21.6. The summed E-state index contributed by atoms with van der Waals surface area (Å²) in [6.45, 7) is 5.13. The predicted octanol–water partition coefficient (Wildman–Crippen LogP) is 3.43. The fourth-order valence-electron chi connectivity index (χ4n) is 4.19. The Morgan fingerprint density at radius 3 is 2.84 bits per heavy atom. The van der Waals surface area contributed by atoms with Gasteiger partial charge in [-0.25, -0.2) is 9.79 Å². The Balaban J connectivity index is 1.61. The van der Waals surface area contributed by atoms with Crippen LogP contribution in [-0.4, -0.2) is 48.3 Å². The molecule has 0 aliphatic carbocycles. The van der Waals surface area contributed by atoms with Gasteiger partial charge in [0, 0.05) is 18.8 Å². The third kappa shape index (κ3) is 4.41. The molecule has 1 fully saturated rings. The first-order valence-corrected chi connectivity index (χ1v) is 11.3. The first-order valence-electron chi connectivity index (χ1n) is 10.5. The molecule has 2 atom stereocenters. The van der Waals surface area contributed by atoms with E-state index in [1.165, 1.54) is 18.9 Å². The Labute approximate surface area is 186 Å². The van der Waals surface area contributed by atoms with E-state index < -0.39 is 12.0 Å². The van der Waals surface area contributed by atoms with E-state index in [0.717, 1.165) is 41.4 Å². The number of aliphatic imine (C=N–C) groups is 1. The average Bonchev–Trinajstić information content (AvgIpc) is 3.41. The Kier molecular flexibility index (Phi) is 6.48. The molecule has 3 heterocycles. The molecular weight excluding hydrogens is 414 g/mol. The number of hydrogen-bond acceptors (Lipinski definition) is 7. The summed E-state index contributed by atoms with van der Waals surface area (Å²) in [7, 11) is 1.38. The minimum Gasteiger partial charge on any atom is -0.466 e. The topological polar surface area (TPSA) is 80.2 Å². The molecule has 0 spiro atoms. The third-order valence-corrected chi connectivity index (χ3v) is 6.67. The van der Waals surface area contributed by atoms with Gasteiger partial charge < -0.3 is 19.7 Å². The number of carbonyl (C=O) groups is 2. The van der Waals surface area contributed by atoms with Crippen LogP contribution in [0.1, 0.15) is 43.4 Å². The van der Waals surface area contributed by atoms with Crippen LogP contribution in [0, 0.1) is 6.92 Å². The molecule has 1 saturated heterocycles. The van der Waals surface area contributed by atoms with Gasteiger partial charge in [-0.15, -0.1) is 0 Å². The number of amidine groups is 1. The molecule has 0 aromatic heterocycles. The van der Waals surface area contributed by atoms with Gasteiger partial charge in [0.25, 0.3) is 0 Å². The Morgan fingerprint density at radius 2 is 2.13 bits per heavy atom. The van der Waals surface area contributed by atoms with Crippen molar-refractivity contribution in [3.8, 4) is 0 Å². The number of nitrogens with zero attached hydrogens (tertiary/aromatic N) is 2. The van der Waals surface area contributed by atoms with Crippen LogP contribution in [0.15, 0.2) is 51.6 Å². The number of aryl methyl sites for hydroxylation is 1. The molecule has 0 saturated carbocycles. The summed E-state index contributed by atoms with van der Waals surface area (Å²) >= 11 is 1.47. The molecule has 1 amide bonds. The number of nitrogens with one attached hydrogen (secondary N) is 1. The van der Waals surface area contributed by atoms with Gasteiger partial charge >= 0.3 is 5.97 Å². The van der Waals surface area contributed by atoms with Crippen molar-refractivity contribution >= 4 is 28.8 Å². The number of allylic oxidation sites excluding steroid dienone is 1. The largest absolute Gasteiger partial charge is 0.466 e. The predicted molar refractivity (Wildman–Crippen MR) is 120 cm³/mol. The van der Waals surface area contributed by atoms with Gasteiger partial charge in [-0.1, -0.05) is 36.0 Å². The molecule has 0 radical (unpaired) electrons. The summed E-state index contributed by atoms with van der Waals surface area (Å²) in [5, 5.41) is 5.69. The normalized spacial score (nSPS) is 22.7. The zero-order valence-corrected chi connectivity index (χ0v) is 18.8. The minimum atomic E-state index is -0.410. The van der Waals surface area contributed by atoms with E-state index in [4.69, 9.17) is 9.47 Å². The second-order valence-corrected chi connectivity index (χ2v) is 8.69. The Bertz CT molecular complexity index is 979. The summed E-state index contributed by atoms with van der Waals surface area (Å²) in [4.78, 5) is 32.1. The van der Waals surface area contributed by atoms with E-state index in [-0.39, 0.29) is 18.4 Å². The highest BCUT2D eigenvalue weighted by atomic mass is 32.2. The molecule has 3 aliphatic rings. The smallest absolute Gasteiger partial charge is 0.338 e. The standard InChI is InChI=1S/C23H27N3O4S/c1-14-7-4-5-9-18(14)21-20(22(28)29-3)15(2)25-23-26(21)16(13-31-23)11-19(27)24-12-17-8-6-10-30-17/h4-5,7,9,13,17,21H,6,8,10-12H2,1-3H3,(H,24,27). The summed E-state index contributed by atoms with van der Waals surface area (Å²) in [5.41, 5.74) is 3.99. The molecule has 3 aliphatic heterocycles. The van der Waals surface area contributed by atoms with Crippen molar-refractivity contribution in [1.82, 2.24) is 10.2 Å². The summed E-state index contributed by atoms with van der Waals surface area (Å²) in [6.07, 6.45) is 2.31. The second-order valence-electron chi connectivity index (χ2n) is 7.86. The third-order valence-electron chi connectivity index (χ3n) is 5.78. The van der Waals surface area contributed by atoms with Crippen molar-refractivity contribution in [2.75, 3.05) is 20.3 Å². The number of ether oxygens (including phenoxy) is 2. The lowest BCUT2D eigenvalue weighted by Gasteiger charge is -2.36. The fraction of sp³-hybridized carbons (Fsp3) is 0.435. The van der Waals surface area contributed by atoms with Crippen LogP contribution in [0.4, 0.5) is 0 Å². The maximum atomic E-state index is 12.7. The zero-order chi connectivity index (χ0) is 22.0. The van der Waals surface area contributed by atoms with E-state index in [0.29, 0.717) is 17.8 Å². The van der Waals surface area contributed by atoms with Crippen LogP contribution in [-0.2, 0) is 19.1 Å². The number of rotatable bonds is 6. The van der Waals surface area contributed by atoms with Gasteiger partial charge in [0.05, 0.1) is 36.9 Å². The van der Waals surface area contributed by atoms with Gasteiger partial charge in [0.15, 0.2) is 5.17 Å². The molecule has 1 N–H and O–H groups in total. The average molecular weight is 442 g/mol. The number of thioether (sulfide) groups is 1. The molecule has 2 unspecified atom stereocenters. The van der Waals surface area contributed by atoms with E-state index in [2.05, 4.69) is 10.3 Å². The Hall–Kier alpha value is -2.58. The molecule has 31 heavy (non-hydrogen) atoms. The Morgan fingerprint density at radius 1 is 1.32 bits per heavy atom. The number of amides is 1. The lowest BCUT2D eigenvalue weighted by atomic mass is 9.91. The van der Waals surface area contributed by atoms with E-state index in [1.807, 2.05) is 48.4 Å². The molecular formula is C23H27N3O4S. The molecule has 8 heteroatoms. The van der Waals surface area contributed by atoms with E-state index in [9.17, 15) is 9.59 Å². The number of fused-ring (bicyclic) bond motifs is 1. The second kappa shape index (κ2) is 9.28. The SMILES string of the molecule is COC(=O)C1=C(C)N=C2SC=C(CC(=O)NCC3CCCO3)N2C1c1ccccc1C. The lowest BCUT2D eigenvalue weighted by molar-refractivity contribution is -0.136. The number of carbonyl (C=O) groups excluding carboxylic acids is 2. The first-order chi connectivity index (χ1) is 15.0. The van der Waals surface area contributed by atoms with Gasteiger partial charge in [-0.05, 0) is 43.2 Å². The maximum Gasteiger partial charge on any atom is 0.338 e. The molecule has 7 nitrogen and oxygen atoms in total. The maximum absolute atomic E-state index is 12.7. The van der Waals surface area contributed by atoms with Crippen LogP contribution in [0.3, 0.4) is 0 Å². The molecule has 164 valence electrons. The minimum absolute atomic E-state index is 0.0713. The lowest BCUT2D eigenvalue weighted by Crippen LogP contribution is -2.39. The van der Waals surface area contributed by atoms with E-state index in [1.54, 1.807) is 0 Å². The van der Waals surface area contributed by atoms with E-state index >= 15 is 0 Å². The molecule has 1 aromatic carbocycles. The van der Waals surface area contributed by atoms with Crippen molar-refractivity contribution in [2.24, 2.45) is 4.99 Å². The summed E-state index contributed by atoms with van der Waals surface area (Å²) in [6, 6.07) is 7.56. The molecule has 0 bridgehead atoms. The molecule has 4 rings (SSSR count). The van der Waals surface area contributed by atoms with Crippen LogP contribution in [0.25, 0.3) is 0 Å². The van der Waals surface area contributed by atoms with Crippen LogP contribution >= 0.6 is 11.8 Å². The molecule has 1 aromatic rings. The quantitative estimate of drug-likeness (QED) is 0.682. The van der Waals surface area contributed by atoms with Crippen molar-refractivity contribution in [3.05, 3.63) is 57.8 Å². The van der Waals surface area contributed by atoms with Crippen LogP contribution < -0.4 is 5.32 Å². The zero-order valence-electron chi connectivity index (χ0n) is 18.0.